The number of hydrogen-bond acceptors (Lipinski definition) is 5. The third-order valence-corrected chi connectivity index (χ3v) is 6.72. The Balaban J connectivity index is 1.16. The van der Waals surface area contributed by atoms with Gasteiger partial charge in [0.15, 0.2) is 11.7 Å². The summed E-state index contributed by atoms with van der Waals surface area (Å²) in [7, 11) is 0. The summed E-state index contributed by atoms with van der Waals surface area (Å²) in [5.41, 5.74) is 4.08. The molecule has 3 unspecified atom stereocenters. The van der Waals surface area contributed by atoms with Crippen LogP contribution in [0.15, 0.2) is 72.1 Å². The number of carbonyl (C=O) groups is 2. The summed E-state index contributed by atoms with van der Waals surface area (Å²) in [5, 5.41) is 5.12. The van der Waals surface area contributed by atoms with Crippen LogP contribution in [-0.2, 0) is 14.3 Å². The molecule has 0 spiro atoms. The van der Waals surface area contributed by atoms with E-state index in [0.29, 0.717) is 11.0 Å². The number of ether oxygens (including phenoxy) is 1. The SMILES string of the molecule is O=C(COC(=O)C1CC2C=CC1C2)Nc1nc(-c2ccc(-c3ccccc3)cc2)cs1. The average Bonchev–Trinajstić information content (AvgIpc) is 3.56. The fraction of sp³-hybridized carbons (Fsp3) is 0.240. The molecule has 0 radical (unpaired) electrons. The van der Waals surface area contributed by atoms with Crippen LogP contribution < -0.4 is 5.32 Å². The van der Waals surface area contributed by atoms with Gasteiger partial charge in [0, 0.05) is 10.9 Å². The van der Waals surface area contributed by atoms with Gasteiger partial charge in [0.25, 0.3) is 5.91 Å². The van der Waals surface area contributed by atoms with Crippen molar-refractivity contribution in [3.8, 4) is 22.4 Å². The van der Waals surface area contributed by atoms with E-state index < -0.39 is 0 Å². The normalized spacial score (nSPS) is 21.2. The number of hydrogen-bond donors (Lipinski definition) is 1. The molecule has 2 aliphatic rings. The van der Waals surface area contributed by atoms with E-state index in [4.69, 9.17) is 4.74 Å². The van der Waals surface area contributed by atoms with E-state index in [1.165, 1.54) is 11.3 Å². The average molecular weight is 431 g/mol. The second-order valence-corrected chi connectivity index (χ2v) is 8.88. The van der Waals surface area contributed by atoms with E-state index >= 15 is 0 Å². The monoisotopic (exact) mass is 430 g/mol. The molecule has 2 bridgehead atoms. The van der Waals surface area contributed by atoms with Gasteiger partial charge in [0.1, 0.15) is 0 Å². The van der Waals surface area contributed by atoms with Crippen LogP contribution >= 0.6 is 11.3 Å². The zero-order chi connectivity index (χ0) is 21.2. The van der Waals surface area contributed by atoms with Gasteiger partial charge in [-0.1, -0.05) is 66.7 Å². The smallest absolute Gasteiger partial charge is 0.310 e. The topological polar surface area (TPSA) is 68.3 Å². The van der Waals surface area contributed by atoms with Gasteiger partial charge in [-0.2, -0.15) is 0 Å². The summed E-state index contributed by atoms with van der Waals surface area (Å²) >= 11 is 1.35. The van der Waals surface area contributed by atoms with Crippen molar-refractivity contribution >= 4 is 28.3 Å². The third-order valence-electron chi connectivity index (χ3n) is 5.97. The van der Waals surface area contributed by atoms with E-state index in [-0.39, 0.29) is 30.3 Å². The minimum Gasteiger partial charge on any atom is -0.455 e. The molecule has 1 amide bonds. The fourth-order valence-corrected chi connectivity index (χ4v) is 5.11. The summed E-state index contributed by atoms with van der Waals surface area (Å²) in [5.74, 6) is 0.0214. The maximum absolute atomic E-state index is 12.3. The highest BCUT2D eigenvalue weighted by Gasteiger charge is 2.40. The molecule has 5 nitrogen and oxygen atoms in total. The quantitative estimate of drug-likeness (QED) is 0.433. The minimum atomic E-state index is -0.368. The lowest BCUT2D eigenvalue weighted by atomic mass is 9.94. The van der Waals surface area contributed by atoms with Crippen LogP contribution in [0.25, 0.3) is 22.4 Å². The van der Waals surface area contributed by atoms with Crippen LogP contribution in [0.4, 0.5) is 5.13 Å². The van der Waals surface area contributed by atoms with Crippen molar-refractivity contribution in [2.24, 2.45) is 17.8 Å². The van der Waals surface area contributed by atoms with Gasteiger partial charge in [-0.25, -0.2) is 4.98 Å². The van der Waals surface area contributed by atoms with Crippen molar-refractivity contribution in [1.82, 2.24) is 4.98 Å². The first-order valence-corrected chi connectivity index (χ1v) is 11.3. The maximum Gasteiger partial charge on any atom is 0.310 e. The number of benzene rings is 2. The van der Waals surface area contributed by atoms with E-state index in [2.05, 4.69) is 46.7 Å². The molecule has 2 aromatic carbocycles. The zero-order valence-electron chi connectivity index (χ0n) is 16.9. The second-order valence-electron chi connectivity index (χ2n) is 8.02. The molecule has 5 rings (SSSR count). The first kappa shape index (κ1) is 19.7. The lowest BCUT2D eigenvalue weighted by Gasteiger charge is -2.16. The van der Waals surface area contributed by atoms with Gasteiger partial charge in [0.05, 0.1) is 11.6 Å². The number of thiazole rings is 1. The number of allylic oxidation sites excluding steroid dienone is 2. The number of carbonyl (C=O) groups excluding carboxylic acids is 2. The lowest BCUT2D eigenvalue weighted by Crippen LogP contribution is -2.26. The van der Waals surface area contributed by atoms with Gasteiger partial charge in [-0.3, -0.25) is 14.9 Å². The molecule has 0 aliphatic heterocycles. The van der Waals surface area contributed by atoms with Crippen molar-refractivity contribution in [3.05, 3.63) is 72.1 Å². The molecule has 1 saturated carbocycles. The molecular weight excluding hydrogens is 408 g/mol. The number of rotatable bonds is 6. The van der Waals surface area contributed by atoms with Crippen LogP contribution in [0.2, 0.25) is 0 Å². The van der Waals surface area contributed by atoms with Crippen molar-refractivity contribution in [1.29, 1.82) is 0 Å². The Morgan fingerprint density at radius 1 is 0.968 bits per heavy atom. The van der Waals surface area contributed by atoms with Gasteiger partial charge in [-0.05, 0) is 35.8 Å². The summed E-state index contributed by atoms with van der Waals surface area (Å²) < 4.78 is 5.25. The molecule has 156 valence electrons. The third kappa shape index (κ3) is 4.30. The predicted octanol–water partition coefficient (Wildman–Crippen LogP) is 5.17. The Morgan fingerprint density at radius 2 is 1.71 bits per heavy atom. The van der Waals surface area contributed by atoms with Gasteiger partial charge in [-0.15, -0.1) is 11.3 Å². The highest BCUT2D eigenvalue weighted by Crippen LogP contribution is 2.43. The number of nitrogens with one attached hydrogen (secondary N) is 1. The molecule has 1 aromatic heterocycles. The first-order chi connectivity index (χ1) is 15.2. The predicted molar refractivity (Wildman–Crippen MR) is 121 cm³/mol. The first-order valence-electron chi connectivity index (χ1n) is 10.4. The number of anilines is 1. The molecule has 3 atom stereocenters. The molecule has 1 heterocycles. The number of aromatic nitrogens is 1. The van der Waals surface area contributed by atoms with Gasteiger partial charge in [0.2, 0.25) is 0 Å². The lowest BCUT2D eigenvalue weighted by molar-refractivity contribution is -0.152. The van der Waals surface area contributed by atoms with Gasteiger partial charge < -0.3 is 4.74 Å². The van der Waals surface area contributed by atoms with Gasteiger partial charge >= 0.3 is 5.97 Å². The van der Waals surface area contributed by atoms with E-state index in [0.717, 1.165) is 35.2 Å². The Morgan fingerprint density at radius 3 is 2.42 bits per heavy atom. The van der Waals surface area contributed by atoms with Crippen molar-refractivity contribution in [3.63, 3.8) is 0 Å². The van der Waals surface area contributed by atoms with Crippen molar-refractivity contribution < 1.29 is 14.3 Å². The molecule has 3 aromatic rings. The number of nitrogens with zero attached hydrogens (tertiary/aromatic N) is 1. The van der Waals surface area contributed by atoms with Crippen LogP contribution in [0.1, 0.15) is 12.8 Å². The fourth-order valence-electron chi connectivity index (χ4n) is 4.38. The van der Waals surface area contributed by atoms with Crippen LogP contribution in [0.5, 0.6) is 0 Å². The highest BCUT2D eigenvalue weighted by molar-refractivity contribution is 7.14. The van der Waals surface area contributed by atoms with Crippen molar-refractivity contribution in [2.45, 2.75) is 12.8 Å². The van der Waals surface area contributed by atoms with Crippen molar-refractivity contribution in [2.75, 3.05) is 11.9 Å². The van der Waals surface area contributed by atoms with Crippen LogP contribution in [0.3, 0.4) is 0 Å². The Bertz CT molecular complexity index is 1120. The Hall–Kier alpha value is -3.25. The Labute approximate surface area is 184 Å². The second kappa shape index (κ2) is 8.47. The standard InChI is InChI=1S/C25H22N2O3S/c28-23(14-30-24(29)21-13-16-6-7-20(21)12-16)27-25-26-22(15-31-25)19-10-8-18(9-11-19)17-4-2-1-3-5-17/h1-11,15-16,20-21H,12-14H2,(H,26,27,28). The molecule has 2 aliphatic carbocycles. The minimum absolute atomic E-state index is 0.104. The molecule has 0 saturated heterocycles. The number of amides is 1. The van der Waals surface area contributed by atoms with Crippen LogP contribution in [0, 0.1) is 17.8 Å². The molecule has 31 heavy (non-hydrogen) atoms. The summed E-state index contributed by atoms with van der Waals surface area (Å²) in [4.78, 5) is 29.0. The number of fused-ring (bicyclic) bond motifs is 2. The molecule has 1 fully saturated rings. The van der Waals surface area contributed by atoms with Crippen LogP contribution in [-0.4, -0.2) is 23.5 Å². The summed E-state index contributed by atoms with van der Waals surface area (Å²) in [6.07, 6.45) is 6.14. The summed E-state index contributed by atoms with van der Waals surface area (Å²) in [6.45, 7) is -0.281. The number of esters is 1. The highest BCUT2D eigenvalue weighted by atomic mass is 32.1. The van der Waals surface area contributed by atoms with E-state index in [1.807, 2.05) is 35.7 Å². The molecule has 1 N–H and O–H groups in total. The zero-order valence-corrected chi connectivity index (χ0v) is 17.7. The van der Waals surface area contributed by atoms with E-state index in [9.17, 15) is 9.59 Å². The summed E-state index contributed by atoms with van der Waals surface area (Å²) in [6, 6.07) is 18.4. The van der Waals surface area contributed by atoms with E-state index in [1.54, 1.807) is 0 Å². The molecule has 6 heteroatoms. The molecular formula is C25H22N2O3S. The Kier molecular flexibility index (Phi) is 5.38. The maximum atomic E-state index is 12.3. The largest absolute Gasteiger partial charge is 0.455 e.